The molecule has 1 amide bonds. The summed E-state index contributed by atoms with van der Waals surface area (Å²) in [6.07, 6.45) is 1.19. The molecule has 1 heterocycles. The highest BCUT2D eigenvalue weighted by Gasteiger charge is 2.25. The summed E-state index contributed by atoms with van der Waals surface area (Å²) in [4.78, 5) is 15.7. The van der Waals surface area contributed by atoms with Crippen LogP contribution in [0.1, 0.15) is 27.2 Å². The fraction of sp³-hybridized carbons (Fsp3) is 0.909. The van der Waals surface area contributed by atoms with E-state index >= 15 is 0 Å². The Hall–Kier alpha value is -0.610. The van der Waals surface area contributed by atoms with Gasteiger partial charge in [0.2, 0.25) is 5.91 Å². The van der Waals surface area contributed by atoms with Crippen LogP contribution in [0, 0.1) is 0 Å². The summed E-state index contributed by atoms with van der Waals surface area (Å²) < 4.78 is 0. The number of hydrogen-bond acceptors (Lipinski definition) is 3. The Kier molecular flexibility index (Phi) is 4.54. The minimum absolute atomic E-state index is 0.121. The van der Waals surface area contributed by atoms with Crippen molar-refractivity contribution in [3.8, 4) is 0 Å². The molecule has 2 N–H and O–H groups in total. The highest BCUT2D eigenvalue weighted by Crippen LogP contribution is 2.10. The van der Waals surface area contributed by atoms with Gasteiger partial charge in [0.05, 0.1) is 6.04 Å². The zero-order valence-corrected chi connectivity index (χ0v) is 10.1. The van der Waals surface area contributed by atoms with Crippen molar-refractivity contribution in [2.24, 2.45) is 5.73 Å². The maximum atomic E-state index is 11.0. The van der Waals surface area contributed by atoms with Gasteiger partial charge >= 0.3 is 0 Å². The van der Waals surface area contributed by atoms with Gasteiger partial charge in [-0.3, -0.25) is 14.6 Å². The second kappa shape index (κ2) is 5.47. The summed E-state index contributed by atoms with van der Waals surface area (Å²) in [6.45, 7) is 10.4. The molecule has 1 fully saturated rings. The Morgan fingerprint density at radius 3 is 2.07 bits per heavy atom. The first-order valence-corrected chi connectivity index (χ1v) is 5.83. The number of carbonyl (C=O) groups excluding carboxylic acids is 1. The molecule has 0 aromatic rings. The number of nitrogens with two attached hydrogens (primary N) is 1. The SMILES string of the molecule is CCC(C)N1CCN(C(C)C(N)=O)CC1. The summed E-state index contributed by atoms with van der Waals surface area (Å²) in [7, 11) is 0. The first-order chi connectivity index (χ1) is 7.06. The zero-order chi connectivity index (χ0) is 11.4. The number of amides is 1. The van der Waals surface area contributed by atoms with E-state index in [2.05, 4.69) is 23.6 Å². The van der Waals surface area contributed by atoms with Crippen LogP contribution in [0.2, 0.25) is 0 Å². The molecule has 15 heavy (non-hydrogen) atoms. The van der Waals surface area contributed by atoms with Crippen LogP contribution in [0.3, 0.4) is 0 Å². The van der Waals surface area contributed by atoms with Crippen molar-refractivity contribution in [3.05, 3.63) is 0 Å². The molecule has 1 aliphatic rings. The normalized spacial score (nSPS) is 23.7. The Morgan fingerprint density at radius 1 is 1.20 bits per heavy atom. The van der Waals surface area contributed by atoms with Crippen LogP contribution in [0.4, 0.5) is 0 Å². The van der Waals surface area contributed by atoms with E-state index in [1.807, 2.05) is 6.92 Å². The van der Waals surface area contributed by atoms with E-state index in [0.717, 1.165) is 26.2 Å². The van der Waals surface area contributed by atoms with E-state index in [1.54, 1.807) is 0 Å². The molecule has 0 saturated carbocycles. The average Bonchev–Trinajstić information content (AvgIpc) is 2.27. The monoisotopic (exact) mass is 213 g/mol. The van der Waals surface area contributed by atoms with E-state index in [1.165, 1.54) is 6.42 Å². The van der Waals surface area contributed by atoms with Crippen LogP contribution in [-0.4, -0.2) is 54.0 Å². The van der Waals surface area contributed by atoms with E-state index < -0.39 is 0 Å². The third-order valence-electron chi connectivity index (χ3n) is 3.52. The molecular formula is C11H23N3O. The van der Waals surface area contributed by atoms with Gasteiger partial charge in [-0.2, -0.15) is 0 Å². The number of primary amides is 1. The summed E-state index contributed by atoms with van der Waals surface area (Å²) >= 11 is 0. The van der Waals surface area contributed by atoms with Crippen molar-refractivity contribution in [2.75, 3.05) is 26.2 Å². The molecule has 0 aromatic heterocycles. The van der Waals surface area contributed by atoms with Crippen LogP contribution in [0.25, 0.3) is 0 Å². The lowest BCUT2D eigenvalue weighted by Crippen LogP contribution is -2.54. The van der Waals surface area contributed by atoms with Crippen molar-refractivity contribution < 1.29 is 4.79 Å². The first kappa shape index (κ1) is 12.5. The molecule has 4 nitrogen and oxygen atoms in total. The molecule has 0 aromatic carbocycles. The van der Waals surface area contributed by atoms with E-state index in [-0.39, 0.29) is 11.9 Å². The van der Waals surface area contributed by atoms with Gasteiger partial charge in [-0.1, -0.05) is 6.92 Å². The second-order valence-electron chi connectivity index (χ2n) is 4.41. The summed E-state index contributed by atoms with van der Waals surface area (Å²) in [5.74, 6) is -0.216. The Labute approximate surface area is 92.4 Å². The topological polar surface area (TPSA) is 49.6 Å². The number of nitrogens with zero attached hydrogens (tertiary/aromatic N) is 2. The highest BCUT2D eigenvalue weighted by molar-refractivity contribution is 5.79. The van der Waals surface area contributed by atoms with Gasteiger partial charge in [-0.15, -0.1) is 0 Å². The molecule has 2 unspecified atom stereocenters. The molecule has 4 heteroatoms. The van der Waals surface area contributed by atoms with Gasteiger partial charge in [0.1, 0.15) is 0 Å². The van der Waals surface area contributed by atoms with E-state index in [4.69, 9.17) is 5.73 Å². The minimum atomic E-state index is -0.216. The lowest BCUT2D eigenvalue weighted by Gasteiger charge is -2.39. The standard InChI is InChI=1S/C11H23N3O/c1-4-9(2)13-5-7-14(8-6-13)10(3)11(12)15/h9-10H,4-8H2,1-3H3,(H2,12,15). The predicted octanol–water partition coefficient (Wildman–Crippen LogP) is 0.276. The maximum Gasteiger partial charge on any atom is 0.234 e. The van der Waals surface area contributed by atoms with Crippen molar-refractivity contribution in [1.82, 2.24) is 9.80 Å². The lowest BCUT2D eigenvalue weighted by atomic mass is 10.1. The molecule has 0 bridgehead atoms. The number of piperazine rings is 1. The van der Waals surface area contributed by atoms with Crippen LogP contribution in [0.5, 0.6) is 0 Å². The molecular weight excluding hydrogens is 190 g/mol. The first-order valence-electron chi connectivity index (χ1n) is 5.83. The number of hydrogen-bond donors (Lipinski definition) is 1. The Morgan fingerprint density at radius 2 is 1.67 bits per heavy atom. The Bertz CT molecular complexity index is 212. The van der Waals surface area contributed by atoms with Gasteiger partial charge in [-0.05, 0) is 20.3 Å². The Balaban J connectivity index is 2.38. The van der Waals surface area contributed by atoms with Gasteiger partial charge in [0.25, 0.3) is 0 Å². The third-order valence-corrected chi connectivity index (χ3v) is 3.52. The quantitative estimate of drug-likeness (QED) is 0.729. The van der Waals surface area contributed by atoms with Crippen LogP contribution in [0.15, 0.2) is 0 Å². The summed E-state index contributed by atoms with van der Waals surface area (Å²) in [5.41, 5.74) is 5.29. The van der Waals surface area contributed by atoms with Crippen LogP contribution < -0.4 is 5.73 Å². The van der Waals surface area contributed by atoms with Crippen molar-refractivity contribution in [3.63, 3.8) is 0 Å². The van der Waals surface area contributed by atoms with Crippen LogP contribution in [-0.2, 0) is 4.79 Å². The molecule has 1 aliphatic heterocycles. The molecule has 1 rings (SSSR count). The van der Waals surface area contributed by atoms with Crippen molar-refractivity contribution in [1.29, 1.82) is 0 Å². The molecule has 0 spiro atoms. The van der Waals surface area contributed by atoms with Crippen molar-refractivity contribution >= 4 is 5.91 Å². The van der Waals surface area contributed by atoms with Gasteiger partial charge in [0, 0.05) is 32.2 Å². The molecule has 88 valence electrons. The number of rotatable bonds is 4. The third kappa shape index (κ3) is 3.18. The minimum Gasteiger partial charge on any atom is -0.368 e. The predicted molar refractivity (Wildman–Crippen MR) is 61.6 cm³/mol. The van der Waals surface area contributed by atoms with Gasteiger partial charge in [0.15, 0.2) is 0 Å². The van der Waals surface area contributed by atoms with E-state index in [9.17, 15) is 4.79 Å². The zero-order valence-electron chi connectivity index (χ0n) is 10.1. The van der Waals surface area contributed by atoms with Crippen LogP contribution >= 0.6 is 0 Å². The molecule has 1 saturated heterocycles. The fourth-order valence-corrected chi connectivity index (χ4v) is 2.00. The molecule has 2 atom stereocenters. The summed E-state index contributed by atoms with van der Waals surface area (Å²) in [6, 6.07) is 0.528. The average molecular weight is 213 g/mol. The molecule has 0 radical (unpaired) electrons. The smallest absolute Gasteiger partial charge is 0.234 e. The van der Waals surface area contributed by atoms with Gasteiger partial charge < -0.3 is 5.73 Å². The van der Waals surface area contributed by atoms with Crippen molar-refractivity contribution in [2.45, 2.75) is 39.3 Å². The second-order valence-corrected chi connectivity index (χ2v) is 4.41. The largest absolute Gasteiger partial charge is 0.368 e. The highest BCUT2D eigenvalue weighted by atomic mass is 16.1. The summed E-state index contributed by atoms with van der Waals surface area (Å²) in [5, 5.41) is 0. The fourth-order valence-electron chi connectivity index (χ4n) is 2.00. The lowest BCUT2D eigenvalue weighted by molar-refractivity contribution is -0.123. The molecule has 0 aliphatic carbocycles. The van der Waals surface area contributed by atoms with Gasteiger partial charge in [-0.25, -0.2) is 0 Å². The maximum absolute atomic E-state index is 11.0. The number of carbonyl (C=O) groups is 1. The van der Waals surface area contributed by atoms with E-state index in [0.29, 0.717) is 6.04 Å².